The van der Waals surface area contributed by atoms with E-state index in [1.807, 2.05) is 154 Å². The van der Waals surface area contributed by atoms with Crippen molar-refractivity contribution in [2.24, 2.45) is 10.4 Å². The summed E-state index contributed by atoms with van der Waals surface area (Å²) in [5.74, 6) is -1.95. The quantitative estimate of drug-likeness (QED) is 0.147. The van der Waals surface area contributed by atoms with Gasteiger partial charge in [0.2, 0.25) is 0 Å². The van der Waals surface area contributed by atoms with Crippen molar-refractivity contribution < 1.29 is 14.7 Å². The molecule has 0 radical (unpaired) electrons. The van der Waals surface area contributed by atoms with Crippen LogP contribution in [0.3, 0.4) is 0 Å². The van der Waals surface area contributed by atoms with Crippen molar-refractivity contribution in [1.82, 2.24) is 0 Å². The minimum absolute atomic E-state index is 0.0215. The average Bonchev–Trinajstić information content (AvgIpc) is 3.01. The summed E-state index contributed by atoms with van der Waals surface area (Å²) in [6, 6.07) is 42.4. The van der Waals surface area contributed by atoms with Crippen LogP contribution in [0.15, 0.2) is 138 Å². The molecule has 0 aliphatic carbocycles. The van der Waals surface area contributed by atoms with Crippen molar-refractivity contribution in [3.63, 3.8) is 0 Å². The number of carboxylic acid groups (broad SMARTS) is 1. The van der Waals surface area contributed by atoms with Crippen LogP contribution >= 0.6 is 0 Å². The van der Waals surface area contributed by atoms with Crippen molar-refractivity contribution >= 4 is 28.2 Å². The zero-order valence-electron chi connectivity index (χ0n) is 24.2. The number of hydrogen-bond donors (Lipinski definition) is 1. The van der Waals surface area contributed by atoms with E-state index < -0.39 is 22.8 Å². The summed E-state index contributed by atoms with van der Waals surface area (Å²) >= 11 is 0. The lowest BCUT2D eigenvalue weighted by molar-refractivity contribution is -0.149. The highest BCUT2D eigenvalue weighted by Gasteiger charge is 2.56. The standard InChI is InChI=1S/C38H35NO3/c1-37(2,3)38(36(41)42,39-35(29-18-9-5-10-19-29)30-20-11-6-12-21-30)33(28-16-7-4-8-17-28)26-34(40)32-24-23-27-15-13-14-22-31(27)25-32/h4-25,33H,26H2,1-3H3,(H,41,42)/t33-,38-/m0/s1. The number of aliphatic carboxylic acids is 1. The van der Waals surface area contributed by atoms with E-state index in [2.05, 4.69) is 0 Å². The summed E-state index contributed by atoms with van der Waals surface area (Å²) in [5.41, 5.74) is 0.941. The predicted octanol–water partition coefficient (Wildman–Crippen LogP) is 8.60. The Balaban J connectivity index is 1.74. The summed E-state index contributed by atoms with van der Waals surface area (Å²) in [7, 11) is 0. The highest BCUT2D eigenvalue weighted by Crippen LogP contribution is 2.48. The minimum atomic E-state index is -1.69. The smallest absolute Gasteiger partial charge is 0.332 e. The van der Waals surface area contributed by atoms with E-state index in [-0.39, 0.29) is 12.2 Å². The third kappa shape index (κ3) is 5.66. The highest BCUT2D eigenvalue weighted by atomic mass is 16.4. The number of hydrogen-bond acceptors (Lipinski definition) is 3. The van der Waals surface area contributed by atoms with Crippen molar-refractivity contribution in [2.75, 3.05) is 0 Å². The van der Waals surface area contributed by atoms with Gasteiger partial charge in [0.05, 0.1) is 5.71 Å². The molecule has 0 fully saturated rings. The van der Waals surface area contributed by atoms with E-state index in [0.717, 1.165) is 27.5 Å². The number of ketones is 1. The molecule has 0 unspecified atom stereocenters. The van der Waals surface area contributed by atoms with Gasteiger partial charge in [-0.1, -0.05) is 148 Å². The summed E-state index contributed by atoms with van der Waals surface area (Å²) in [5, 5.41) is 13.3. The number of carbonyl (C=O) groups excluding carboxylic acids is 1. The van der Waals surface area contributed by atoms with E-state index in [4.69, 9.17) is 4.99 Å². The van der Waals surface area contributed by atoms with Gasteiger partial charge < -0.3 is 5.11 Å². The Labute approximate surface area is 247 Å². The lowest BCUT2D eigenvalue weighted by Gasteiger charge is -2.44. The molecule has 4 nitrogen and oxygen atoms in total. The fourth-order valence-electron chi connectivity index (χ4n) is 5.81. The van der Waals surface area contributed by atoms with Crippen LogP contribution in [0, 0.1) is 5.41 Å². The van der Waals surface area contributed by atoms with Gasteiger partial charge in [-0.05, 0) is 27.8 Å². The Morgan fingerprint density at radius 3 is 1.67 bits per heavy atom. The Kier molecular flexibility index (Phi) is 8.17. The maximum atomic E-state index is 14.1. The molecule has 5 rings (SSSR count). The number of nitrogens with zero attached hydrogens (tertiary/aromatic N) is 1. The molecule has 0 heterocycles. The van der Waals surface area contributed by atoms with E-state index in [0.29, 0.717) is 11.3 Å². The molecule has 0 saturated heterocycles. The van der Waals surface area contributed by atoms with Gasteiger partial charge in [-0.2, -0.15) is 0 Å². The number of benzene rings is 5. The number of rotatable bonds is 9. The van der Waals surface area contributed by atoms with E-state index in [9.17, 15) is 14.7 Å². The van der Waals surface area contributed by atoms with Gasteiger partial charge >= 0.3 is 5.97 Å². The zero-order valence-corrected chi connectivity index (χ0v) is 24.2. The van der Waals surface area contributed by atoms with E-state index in [1.165, 1.54) is 0 Å². The molecule has 2 atom stereocenters. The fourth-order valence-corrected chi connectivity index (χ4v) is 5.81. The Morgan fingerprint density at radius 2 is 1.14 bits per heavy atom. The SMILES string of the molecule is CC(C)(C)[C@@](N=C(c1ccccc1)c1ccccc1)(C(=O)O)[C@@H](CC(=O)c1ccc2ccccc2c1)c1ccccc1. The second-order valence-corrected chi connectivity index (χ2v) is 11.7. The normalized spacial score (nSPS) is 13.6. The Morgan fingerprint density at radius 1 is 0.643 bits per heavy atom. The molecule has 0 aliphatic heterocycles. The van der Waals surface area contributed by atoms with Crippen molar-refractivity contribution in [3.8, 4) is 0 Å². The van der Waals surface area contributed by atoms with Crippen LogP contribution in [0.2, 0.25) is 0 Å². The number of aliphatic imine (C=N–C) groups is 1. The second kappa shape index (κ2) is 12.0. The molecule has 4 heteroatoms. The van der Waals surface area contributed by atoms with Crippen molar-refractivity contribution in [3.05, 3.63) is 156 Å². The largest absolute Gasteiger partial charge is 0.479 e. The molecule has 0 amide bonds. The second-order valence-electron chi connectivity index (χ2n) is 11.7. The summed E-state index contributed by atoms with van der Waals surface area (Å²) in [6.07, 6.45) is -0.0215. The summed E-state index contributed by atoms with van der Waals surface area (Å²) in [6.45, 7) is 5.69. The van der Waals surface area contributed by atoms with Gasteiger partial charge in [-0.3, -0.25) is 9.79 Å². The van der Waals surface area contributed by atoms with Gasteiger partial charge in [0.15, 0.2) is 11.3 Å². The van der Waals surface area contributed by atoms with Crippen LogP contribution in [0.5, 0.6) is 0 Å². The predicted molar refractivity (Wildman–Crippen MR) is 170 cm³/mol. The molecule has 0 spiro atoms. The molecule has 0 aromatic heterocycles. The molecule has 5 aromatic carbocycles. The fraction of sp³-hybridized carbons (Fsp3) is 0.184. The summed E-state index contributed by atoms with van der Waals surface area (Å²) in [4.78, 5) is 33.1. The average molecular weight is 554 g/mol. The van der Waals surface area contributed by atoms with E-state index >= 15 is 0 Å². The van der Waals surface area contributed by atoms with Gasteiger partial charge in [0, 0.05) is 29.0 Å². The topological polar surface area (TPSA) is 66.7 Å². The van der Waals surface area contributed by atoms with Crippen molar-refractivity contribution in [1.29, 1.82) is 0 Å². The summed E-state index contributed by atoms with van der Waals surface area (Å²) < 4.78 is 0. The lowest BCUT2D eigenvalue weighted by atomic mass is 9.62. The number of Topliss-reactive ketones (excluding diaryl/α,β-unsaturated/α-hetero) is 1. The molecule has 210 valence electrons. The first-order valence-corrected chi connectivity index (χ1v) is 14.2. The maximum absolute atomic E-state index is 14.1. The van der Waals surface area contributed by atoms with Crippen LogP contribution in [0.4, 0.5) is 0 Å². The van der Waals surface area contributed by atoms with Gasteiger partial charge in [-0.25, -0.2) is 4.79 Å². The van der Waals surface area contributed by atoms with Gasteiger partial charge in [0.1, 0.15) is 0 Å². The van der Waals surface area contributed by atoms with Crippen LogP contribution in [0.25, 0.3) is 10.8 Å². The van der Waals surface area contributed by atoms with Crippen molar-refractivity contribution in [2.45, 2.75) is 38.6 Å². The third-order valence-electron chi connectivity index (χ3n) is 8.02. The Bertz CT molecular complexity index is 1680. The number of carbonyl (C=O) groups is 2. The first kappa shape index (κ1) is 28.7. The number of fused-ring (bicyclic) bond motifs is 1. The molecule has 0 aliphatic rings. The van der Waals surface area contributed by atoms with Crippen LogP contribution in [-0.4, -0.2) is 28.1 Å². The molecule has 42 heavy (non-hydrogen) atoms. The maximum Gasteiger partial charge on any atom is 0.332 e. The van der Waals surface area contributed by atoms with Crippen LogP contribution in [-0.2, 0) is 4.79 Å². The third-order valence-corrected chi connectivity index (χ3v) is 8.02. The molecular formula is C38H35NO3. The molecular weight excluding hydrogens is 518 g/mol. The monoisotopic (exact) mass is 553 g/mol. The first-order chi connectivity index (χ1) is 20.2. The van der Waals surface area contributed by atoms with Gasteiger partial charge in [0.25, 0.3) is 0 Å². The highest BCUT2D eigenvalue weighted by molar-refractivity contribution is 6.14. The lowest BCUT2D eigenvalue weighted by Crippen LogP contribution is -2.54. The molecule has 0 saturated carbocycles. The van der Waals surface area contributed by atoms with Crippen LogP contribution in [0.1, 0.15) is 60.2 Å². The zero-order chi connectivity index (χ0) is 29.7. The first-order valence-electron chi connectivity index (χ1n) is 14.2. The number of carboxylic acids is 1. The molecule has 5 aromatic rings. The van der Waals surface area contributed by atoms with Gasteiger partial charge in [-0.15, -0.1) is 0 Å². The molecule has 1 N–H and O–H groups in total. The minimum Gasteiger partial charge on any atom is -0.479 e. The van der Waals surface area contributed by atoms with Crippen LogP contribution < -0.4 is 0 Å². The van der Waals surface area contributed by atoms with E-state index in [1.54, 1.807) is 0 Å². The Hall–Kier alpha value is -4.83. The molecule has 0 bridgehead atoms.